The van der Waals surface area contributed by atoms with Crippen LogP contribution in [-0.2, 0) is 11.1 Å². The Labute approximate surface area is 105 Å². The molecule has 0 aliphatic carbocycles. The molecule has 1 heterocycles. The summed E-state index contributed by atoms with van der Waals surface area (Å²) in [6.45, 7) is 0.581. The molecule has 1 aliphatic heterocycles. The molecule has 1 amide bonds. The lowest BCUT2D eigenvalue weighted by Crippen LogP contribution is -2.53. The number of β-amino-alcohol motifs (C(OH)–C–C–N with tert-alkyl or cyclic N) is 1. The molecule has 1 aromatic rings. The van der Waals surface area contributed by atoms with Gasteiger partial charge in [0.15, 0.2) is 11.1 Å². The van der Waals surface area contributed by atoms with Crippen LogP contribution in [0, 0.1) is 0 Å². The van der Waals surface area contributed by atoms with Crippen LogP contribution in [0.3, 0.4) is 0 Å². The van der Waals surface area contributed by atoms with Crippen LogP contribution in [0.1, 0.15) is 10.4 Å². The van der Waals surface area contributed by atoms with Gasteiger partial charge in [-0.25, -0.2) is 4.21 Å². The van der Waals surface area contributed by atoms with Gasteiger partial charge in [-0.05, 0) is 18.2 Å². The van der Waals surface area contributed by atoms with Gasteiger partial charge in [0.2, 0.25) is 0 Å². The van der Waals surface area contributed by atoms with E-state index in [0.717, 1.165) is 0 Å². The molecular formula is C10H10ClNO4S. The number of carbonyl (C=O) groups excluding carboxylic acids is 1. The van der Waals surface area contributed by atoms with Gasteiger partial charge in [0.1, 0.15) is 0 Å². The quantitative estimate of drug-likeness (QED) is 0.781. The first kappa shape index (κ1) is 12.5. The summed E-state index contributed by atoms with van der Waals surface area (Å²) in [5.74, 6) is -0.279. The Morgan fingerprint density at radius 1 is 1.47 bits per heavy atom. The molecule has 5 nitrogen and oxygen atoms in total. The van der Waals surface area contributed by atoms with Crippen LogP contribution in [0.2, 0.25) is 5.02 Å². The summed E-state index contributed by atoms with van der Waals surface area (Å²) in [5, 5.41) is 9.24. The number of rotatable bonds is 2. The molecule has 2 rings (SSSR count). The van der Waals surface area contributed by atoms with Gasteiger partial charge in [-0.3, -0.25) is 4.79 Å². The molecule has 0 aromatic heterocycles. The molecular weight excluding hydrogens is 266 g/mol. The number of amides is 1. The van der Waals surface area contributed by atoms with Gasteiger partial charge in [0.25, 0.3) is 5.91 Å². The van der Waals surface area contributed by atoms with Crippen molar-refractivity contribution in [2.75, 3.05) is 13.1 Å². The van der Waals surface area contributed by atoms with Crippen molar-refractivity contribution in [1.82, 2.24) is 4.90 Å². The molecule has 1 aliphatic rings. The van der Waals surface area contributed by atoms with E-state index in [1.165, 1.54) is 23.1 Å². The number of carbonyl (C=O) groups is 1. The van der Waals surface area contributed by atoms with Crippen LogP contribution in [0.5, 0.6) is 0 Å². The van der Waals surface area contributed by atoms with Gasteiger partial charge >= 0.3 is 0 Å². The van der Waals surface area contributed by atoms with Gasteiger partial charge in [0.05, 0.1) is 16.0 Å². The highest BCUT2D eigenvalue weighted by Crippen LogP contribution is 2.22. The van der Waals surface area contributed by atoms with Gasteiger partial charge < -0.3 is 14.6 Å². The van der Waals surface area contributed by atoms with Crippen molar-refractivity contribution in [3.8, 4) is 0 Å². The van der Waals surface area contributed by atoms with E-state index in [2.05, 4.69) is 0 Å². The Morgan fingerprint density at radius 2 is 2.12 bits per heavy atom. The van der Waals surface area contributed by atoms with Crippen LogP contribution in [0.25, 0.3) is 0 Å². The summed E-state index contributed by atoms with van der Waals surface area (Å²) in [4.78, 5) is 13.3. The number of nitrogens with zero attached hydrogens (tertiary/aromatic N) is 1. The first-order chi connectivity index (χ1) is 7.99. The highest BCUT2D eigenvalue weighted by Gasteiger charge is 2.29. The molecule has 92 valence electrons. The molecule has 0 bridgehead atoms. The summed E-state index contributed by atoms with van der Waals surface area (Å²) < 4.78 is 19.9. The largest absolute Gasteiger partial charge is 0.389 e. The molecule has 1 unspecified atom stereocenters. The van der Waals surface area contributed by atoms with Crippen molar-refractivity contribution in [2.45, 2.75) is 11.0 Å². The molecule has 2 N–H and O–H groups in total. The van der Waals surface area contributed by atoms with Gasteiger partial charge in [-0.15, -0.1) is 0 Å². The third-order valence-electron chi connectivity index (χ3n) is 2.52. The molecule has 0 spiro atoms. The number of aliphatic hydroxyl groups excluding tert-OH is 1. The maximum atomic E-state index is 11.8. The number of halogens is 1. The zero-order valence-corrected chi connectivity index (χ0v) is 10.2. The van der Waals surface area contributed by atoms with Crippen LogP contribution >= 0.6 is 11.6 Å². The van der Waals surface area contributed by atoms with E-state index >= 15 is 0 Å². The lowest BCUT2D eigenvalue weighted by atomic mass is 10.1. The maximum Gasteiger partial charge on any atom is 0.254 e. The Bertz CT molecular complexity index is 487. The summed E-state index contributed by atoms with van der Waals surface area (Å²) in [6, 6.07) is 4.20. The number of likely N-dealkylation sites (tertiary alicyclic amines) is 1. The molecule has 1 fully saturated rings. The van der Waals surface area contributed by atoms with Crippen molar-refractivity contribution in [3.05, 3.63) is 28.8 Å². The van der Waals surface area contributed by atoms with Crippen molar-refractivity contribution in [3.63, 3.8) is 0 Å². The second kappa shape index (κ2) is 4.73. The van der Waals surface area contributed by atoms with Gasteiger partial charge in [-0.1, -0.05) is 11.6 Å². The fraction of sp³-hybridized carbons (Fsp3) is 0.300. The Balaban J connectivity index is 2.24. The van der Waals surface area contributed by atoms with E-state index in [0.29, 0.717) is 18.7 Å². The summed E-state index contributed by atoms with van der Waals surface area (Å²) >= 11 is 3.50. The summed E-state index contributed by atoms with van der Waals surface area (Å²) in [7, 11) is 0. The minimum atomic E-state index is -2.22. The van der Waals surface area contributed by atoms with E-state index in [-0.39, 0.29) is 15.8 Å². The minimum absolute atomic E-state index is 0.0126. The highest BCUT2D eigenvalue weighted by atomic mass is 35.5. The lowest BCUT2D eigenvalue weighted by Gasteiger charge is -2.35. The van der Waals surface area contributed by atoms with Gasteiger partial charge in [0, 0.05) is 18.7 Å². The zero-order chi connectivity index (χ0) is 12.6. The van der Waals surface area contributed by atoms with Crippen LogP contribution in [0.15, 0.2) is 23.1 Å². The highest BCUT2D eigenvalue weighted by molar-refractivity contribution is 7.79. The smallest absolute Gasteiger partial charge is 0.254 e. The number of hydrogen-bond donors (Lipinski definition) is 2. The monoisotopic (exact) mass is 275 g/mol. The Hall–Kier alpha value is -0.950. The standard InChI is InChI=1S/C10H10ClNO4S/c11-8-2-1-6(3-9(8)17(15)16)10(14)12-4-7(13)5-12/h1-3,7,13H,4-5H2,(H,15,16). The summed E-state index contributed by atoms with van der Waals surface area (Å²) in [6.07, 6.45) is -0.474. The molecule has 0 saturated carbocycles. The van der Waals surface area contributed by atoms with Crippen LogP contribution < -0.4 is 0 Å². The lowest BCUT2D eigenvalue weighted by molar-refractivity contribution is 0.00588. The van der Waals surface area contributed by atoms with Crippen LogP contribution in [0.4, 0.5) is 0 Å². The first-order valence-corrected chi connectivity index (χ1v) is 6.35. The predicted molar refractivity (Wildman–Crippen MR) is 62.4 cm³/mol. The average Bonchev–Trinajstić information content (AvgIpc) is 2.24. The van der Waals surface area contributed by atoms with E-state index < -0.39 is 17.2 Å². The predicted octanol–water partition coefficient (Wildman–Crippen LogP) is 0.737. The third-order valence-corrected chi connectivity index (χ3v) is 3.67. The van der Waals surface area contributed by atoms with E-state index in [9.17, 15) is 9.00 Å². The first-order valence-electron chi connectivity index (χ1n) is 4.87. The van der Waals surface area contributed by atoms with Crippen LogP contribution in [-0.4, -0.2) is 43.9 Å². The SMILES string of the molecule is O=C(c1ccc(Cl)c(S(=O)O)c1)N1CC(O)C1. The maximum absolute atomic E-state index is 11.8. The molecule has 17 heavy (non-hydrogen) atoms. The fourth-order valence-corrected chi connectivity index (χ4v) is 2.35. The molecule has 0 radical (unpaired) electrons. The summed E-state index contributed by atoms with van der Waals surface area (Å²) in [5.41, 5.74) is 0.290. The molecule has 7 heteroatoms. The van der Waals surface area contributed by atoms with E-state index in [1.807, 2.05) is 0 Å². The number of benzene rings is 1. The third kappa shape index (κ3) is 2.50. The topological polar surface area (TPSA) is 77.8 Å². The fourth-order valence-electron chi connectivity index (χ4n) is 1.57. The second-order valence-electron chi connectivity index (χ2n) is 3.76. The second-order valence-corrected chi connectivity index (χ2v) is 5.10. The van der Waals surface area contributed by atoms with Crippen molar-refractivity contribution >= 4 is 28.6 Å². The van der Waals surface area contributed by atoms with E-state index in [4.69, 9.17) is 21.3 Å². The zero-order valence-electron chi connectivity index (χ0n) is 8.67. The molecule has 1 aromatic carbocycles. The normalized spacial score (nSPS) is 17.7. The molecule has 1 atom stereocenters. The van der Waals surface area contributed by atoms with Gasteiger partial charge in [-0.2, -0.15) is 0 Å². The number of hydrogen-bond acceptors (Lipinski definition) is 3. The Kier molecular flexibility index (Phi) is 3.48. The Morgan fingerprint density at radius 3 is 2.65 bits per heavy atom. The van der Waals surface area contributed by atoms with Crippen molar-refractivity contribution in [1.29, 1.82) is 0 Å². The minimum Gasteiger partial charge on any atom is -0.389 e. The average molecular weight is 276 g/mol. The number of aliphatic hydroxyl groups is 1. The van der Waals surface area contributed by atoms with Crippen molar-refractivity contribution in [2.24, 2.45) is 0 Å². The van der Waals surface area contributed by atoms with Crippen molar-refractivity contribution < 1.29 is 18.7 Å². The van der Waals surface area contributed by atoms with E-state index in [1.54, 1.807) is 0 Å². The molecule has 1 saturated heterocycles.